The first-order chi connectivity index (χ1) is 28.5. The number of amides is 6. The molecular weight excluding hydrogens is 777 g/mol. The first-order valence-electron chi connectivity index (χ1n) is 19.4. The fourth-order valence-corrected chi connectivity index (χ4v) is 6.08. The van der Waals surface area contributed by atoms with E-state index in [9.17, 15) is 33.6 Å². The van der Waals surface area contributed by atoms with Gasteiger partial charge in [-0.25, -0.2) is 4.98 Å². The Morgan fingerprint density at radius 1 is 0.683 bits per heavy atom. The Morgan fingerprint density at radius 3 is 1.68 bits per heavy atom. The number of benzene rings is 2. The van der Waals surface area contributed by atoms with Crippen molar-refractivity contribution in [3.8, 4) is 0 Å². The minimum absolute atomic E-state index is 0.0383. The topological polar surface area (TPSA) is 345 Å². The number of carboxylic acid groups (broad SMARTS) is 1. The minimum Gasteiger partial charge on any atom is -0.481 e. The van der Waals surface area contributed by atoms with Crippen LogP contribution in [0.5, 0.6) is 0 Å². The number of aliphatic imine (C=N–C) groups is 1. The Bertz CT molecular complexity index is 1910. The molecular formula is C40H56N12O8. The monoisotopic (exact) mass is 832 g/mol. The number of nitrogens with two attached hydrogens (primary N) is 4. The van der Waals surface area contributed by atoms with Crippen molar-refractivity contribution in [1.29, 1.82) is 0 Å². The van der Waals surface area contributed by atoms with Crippen LogP contribution in [0.1, 0.15) is 56.4 Å². The first-order valence-corrected chi connectivity index (χ1v) is 19.4. The molecule has 0 aliphatic heterocycles. The number of carboxylic acids is 1. The summed E-state index contributed by atoms with van der Waals surface area (Å²) in [4.78, 5) is 103. The van der Waals surface area contributed by atoms with Crippen LogP contribution in [0.25, 0.3) is 0 Å². The Labute approximate surface area is 347 Å². The summed E-state index contributed by atoms with van der Waals surface area (Å²) in [5.74, 6) is -6.31. The molecule has 0 saturated heterocycles. The normalized spacial score (nSPS) is 13.9. The quantitative estimate of drug-likeness (QED) is 0.0257. The second-order valence-corrected chi connectivity index (χ2v) is 14.7. The molecule has 0 fully saturated rings. The van der Waals surface area contributed by atoms with Gasteiger partial charge in [-0.05, 0) is 36.3 Å². The van der Waals surface area contributed by atoms with Gasteiger partial charge in [0.05, 0.1) is 18.8 Å². The third-order valence-corrected chi connectivity index (χ3v) is 9.12. The SMILES string of the molecule is CC(C)C[C@H](NC(=O)[C@H](Cc1ccccc1)NC(=O)[C@H](Cc1cnc[nH]1)NC(=O)[C@@H](N)CC(=O)O)C(=O)N[C@@H](CCCN=C(N)N)C(=O)N[C@@H](Cc1ccccc1)C(N)=O. The van der Waals surface area contributed by atoms with Gasteiger partial charge in [-0.1, -0.05) is 74.5 Å². The van der Waals surface area contributed by atoms with Gasteiger partial charge in [0.1, 0.15) is 30.2 Å². The number of hydrogen-bond acceptors (Lipinski definition) is 10. The summed E-state index contributed by atoms with van der Waals surface area (Å²) in [7, 11) is 0. The molecule has 0 spiro atoms. The fourth-order valence-electron chi connectivity index (χ4n) is 6.08. The highest BCUT2D eigenvalue weighted by Gasteiger charge is 2.33. The molecule has 1 heterocycles. The van der Waals surface area contributed by atoms with Crippen molar-refractivity contribution < 1.29 is 38.7 Å². The zero-order valence-electron chi connectivity index (χ0n) is 33.6. The summed E-state index contributed by atoms with van der Waals surface area (Å²) >= 11 is 0. The number of aromatic nitrogens is 2. The second-order valence-electron chi connectivity index (χ2n) is 14.7. The number of nitrogens with zero attached hydrogens (tertiary/aromatic N) is 2. The predicted molar refractivity (Wildman–Crippen MR) is 221 cm³/mol. The number of rotatable bonds is 25. The molecule has 6 amide bonds. The standard InChI is InChI=1S/C40H56N12O8/c1-23(2)16-30(37(58)48-28(14-9-15-46-40(43)44)36(57)49-29(34(42)55)17-24-10-5-3-6-11-24)51-38(59)31(18-25-12-7-4-8-13-25)52-39(60)32(19-26-21-45-22-47-26)50-35(56)27(41)20-33(53)54/h3-8,10-13,21-23,27-32H,9,14-20,41H2,1-2H3,(H2,42,55)(H,45,47)(H,48,58)(H,49,57)(H,50,56)(H,51,59)(H,52,60)(H,53,54)(H4,43,44,46)/t27-,28-,29-,30-,31-,32-/m0/s1. The predicted octanol–water partition coefficient (Wildman–Crippen LogP) is -1.75. The van der Waals surface area contributed by atoms with Crippen molar-refractivity contribution in [3.05, 3.63) is 90.0 Å². The number of aliphatic carboxylic acids is 1. The molecule has 20 heteroatoms. The molecule has 15 N–H and O–H groups in total. The number of hydrogen-bond donors (Lipinski definition) is 11. The molecule has 1 aromatic heterocycles. The molecule has 6 atom stereocenters. The van der Waals surface area contributed by atoms with Crippen LogP contribution in [0, 0.1) is 5.92 Å². The first kappa shape index (κ1) is 47.5. The summed E-state index contributed by atoms with van der Waals surface area (Å²) in [6, 6.07) is 10.00. The van der Waals surface area contributed by atoms with Crippen LogP contribution in [0.4, 0.5) is 0 Å². The van der Waals surface area contributed by atoms with E-state index in [2.05, 4.69) is 41.5 Å². The number of H-pyrrole nitrogens is 1. The van der Waals surface area contributed by atoms with Crippen molar-refractivity contribution in [2.45, 2.75) is 95.0 Å². The third-order valence-electron chi connectivity index (χ3n) is 9.12. The molecule has 2 aromatic carbocycles. The van der Waals surface area contributed by atoms with E-state index in [1.54, 1.807) is 60.7 Å². The van der Waals surface area contributed by atoms with E-state index in [1.165, 1.54) is 12.5 Å². The lowest BCUT2D eigenvalue weighted by Crippen LogP contribution is -2.60. The van der Waals surface area contributed by atoms with E-state index in [0.29, 0.717) is 11.3 Å². The van der Waals surface area contributed by atoms with Crippen LogP contribution in [0.2, 0.25) is 0 Å². The summed E-state index contributed by atoms with van der Waals surface area (Å²) in [5, 5.41) is 22.4. The van der Waals surface area contributed by atoms with Crippen molar-refractivity contribution in [2.75, 3.05) is 6.54 Å². The average Bonchev–Trinajstić information content (AvgIpc) is 3.71. The van der Waals surface area contributed by atoms with Crippen molar-refractivity contribution in [1.82, 2.24) is 36.6 Å². The number of aromatic amines is 1. The number of primary amides is 1. The largest absolute Gasteiger partial charge is 0.481 e. The molecule has 0 unspecified atom stereocenters. The Balaban J connectivity index is 1.88. The van der Waals surface area contributed by atoms with Crippen molar-refractivity contribution in [3.63, 3.8) is 0 Å². The van der Waals surface area contributed by atoms with Gasteiger partial charge in [0.25, 0.3) is 0 Å². The van der Waals surface area contributed by atoms with Gasteiger partial charge in [-0.2, -0.15) is 0 Å². The average molecular weight is 833 g/mol. The van der Waals surface area contributed by atoms with Crippen LogP contribution in [0.15, 0.2) is 78.2 Å². The smallest absolute Gasteiger partial charge is 0.305 e. The Kier molecular flexibility index (Phi) is 19.2. The number of carbonyl (C=O) groups excluding carboxylic acids is 6. The van der Waals surface area contributed by atoms with Gasteiger partial charge in [0.2, 0.25) is 35.4 Å². The van der Waals surface area contributed by atoms with Gasteiger partial charge >= 0.3 is 5.97 Å². The van der Waals surface area contributed by atoms with Gasteiger partial charge in [-0.3, -0.25) is 38.6 Å². The maximum atomic E-state index is 14.2. The number of carbonyl (C=O) groups is 7. The number of imidazole rings is 1. The van der Waals surface area contributed by atoms with E-state index in [-0.39, 0.29) is 56.9 Å². The Hall–Kier alpha value is -6.83. The van der Waals surface area contributed by atoms with Crippen molar-refractivity contribution in [2.24, 2.45) is 33.8 Å². The van der Waals surface area contributed by atoms with Gasteiger partial charge < -0.3 is 59.6 Å². The zero-order chi connectivity index (χ0) is 44.2. The molecule has 0 aliphatic carbocycles. The second kappa shape index (κ2) is 24.2. The lowest BCUT2D eigenvalue weighted by molar-refractivity contribution is -0.140. The third kappa shape index (κ3) is 16.9. The molecule has 0 bridgehead atoms. The van der Waals surface area contributed by atoms with E-state index < -0.39 is 84.1 Å². The lowest BCUT2D eigenvalue weighted by Gasteiger charge is -2.28. The van der Waals surface area contributed by atoms with E-state index in [0.717, 1.165) is 5.56 Å². The molecule has 0 aliphatic rings. The van der Waals surface area contributed by atoms with Crippen LogP contribution >= 0.6 is 0 Å². The lowest BCUT2D eigenvalue weighted by atomic mass is 9.99. The molecule has 0 radical (unpaired) electrons. The molecule has 324 valence electrons. The summed E-state index contributed by atoms with van der Waals surface area (Å²) in [6.07, 6.45) is 2.45. The van der Waals surface area contributed by atoms with E-state index in [4.69, 9.17) is 28.0 Å². The summed E-state index contributed by atoms with van der Waals surface area (Å²) in [5.41, 5.74) is 24.2. The van der Waals surface area contributed by atoms with Crippen LogP contribution < -0.4 is 49.5 Å². The van der Waals surface area contributed by atoms with Gasteiger partial charge in [0, 0.05) is 37.7 Å². The highest BCUT2D eigenvalue weighted by Crippen LogP contribution is 2.11. The highest BCUT2D eigenvalue weighted by atomic mass is 16.4. The molecule has 20 nitrogen and oxygen atoms in total. The zero-order valence-corrected chi connectivity index (χ0v) is 33.6. The molecule has 3 rings (SSSR count). The van der Waals surface area contributed by atoms with Crippen molar-refractivity contribution >= 4 is 47.4 Å². The van der Waals surface area contributed by atoms with Gasteiger partial charge in [0.15, 0.2) is 5.96 Å². The maximum absolute atomic E-state index is 14.2. The molecule has 3 aromatic rings. The summed E-state index contributed by atoms with van der Waals surface area (Å²) in [6.45, 7) is 3.79. The summed E-state index contributed by atoms with van der Waals surface area (Å²) < 4.78 is 0. The maximum Gasteiger partial charge on any atom is 0.305 e. The number of nitrogens with one attached hydrogen (secondary N) is 6. The van der Waals surface area contributed by atoms with Crippen LogP contribution in [-0.4, -0.2) is 105 Å². The fraction of sp³-hybridized carbons (Fsp3) is 0.425. The number of guanidine groups is 1. The Morgan fingerprint density at radius 2 is 1.17 bits per heavy atom. The van der Waals surface area contributed by atoms with Gasteiger partial charge in [-0.15, -0.1) is 0 Å². The van der Waals surface area contributed by atoms with E-state index >= 15 is 0 Å². The molecule has 0 saturated carbocycles. The minimum atomic E-state index is -1.47. The van der Waals surface area contributed by atoms with E-state index in [1.807, 2.05) is 13.8 Å². The van der Waals surface area contributed by atoms with Crippen LogP contribution in [-0.2, 0) is 52.8 Å². The highest BCUT2D eigenvalue weighted by molar-refractivity contribution is 5.97. The van der Waals surface area contributed by atoms with Crippen LogP contribution in [0.3, 0.4) is 0 Å². The molecule has 60 heavy (non-hydrogen) atoms.